The van der Waals surface area contributed by atoms with Crippen molar-refractivity contribution in [1.82, 2.24) is 4.90 Å². The largest absolute Gasteiger partial charge is 0.480 e. The summed E-state index contributed by atoms with van der Waals surface area (Å²) >= 11 is 0. The molecule has 0 saturated heterocycles. The lowest BCUT2D eigenvalue weighted by Gasteiger charge is -2.27. The third kappa shape index (κ3) is 5.81. The van der Waals surface area contributed by atoms with Gasteiger partial charge in [-0.3, -0.25) is 9.69 Å². The van der Waals surface area contributed by atoms with Gasteiger partial charge in [-0.25, -0.2) is 4.39 Å². The van der Waals surface area contributed by atoms with Crippen LogP contribution in [0.4, 0.5) is 4.39 Å². The Hall–Kier alpha value is -1.46. The smallest absolute Gasteiger partial charge is 0.317 e. The molecule has 1 aromatic carbocycles. The van der Waals surface area contributed by atoms with E-state index in [9.17, 15) is 9.18 Å². The maximum absolute atomic E-state index is 12.8. The van der Waals surface area contributed by atoms with Crippen LogP contribution in [0.1, 0.15) is 12.5 Å². The maximum Gasteiger partial charge on any atom is 0.317 e. The number of benzene rings is 1. The molecule has 0 aliphatic carbocycles. The van der Waals surface area contributed by atoms with Crippen LogP contribution in [-0.4, -0.2) is 48.8 Å². The van der Waals surface area contributed by atoms with E-state index in [1.165, 1.54) is 12.1 Å². The number of hydrogen-bond donors (Lipinski definition) is 1. The molecule has 1 N–H and O–H groups in total. The number of nitrogens with zero attached hydrogens (tertiary/aromatic N) is 1. The van der Waals surface area contributed by atoms with Gasteiger partial charge in [-0.15, -0.1) is 0 Å². The molecule has 1 atom stereocenters. The molecule has 0 fully saturated rings. The number of aliphatic carboxylic acids is 1. The molecule has 0 aliphatic heterocycles. The van der Waals surface area contributed by atoms with Crippen molar-refractivity contribution >= 4 is 5.97 Å². The lowest BCUT2D eigenvalue weighted by atomic mass is 10.1. The van der Waals surface area contributed by atoms with E-state index in [4.69, 9.17) is 9.84 Å². The van der Waals surface area contributed by atoms with E-state index < -0.39 is 5.97 Å². The van der Waals surface area contributed by atoms with Crippen LogP contribution in [0.5, 0.6) is 0 Å². The molecule has 0 heterocycles. The molecule has 1 unspecified atom stereocenters. The first-order valence-electron chi connectivity index (χ1n) is 6.22. The molecule has 0 spiro atoms. The molecule has 0 amide bonds. The minimum absolute atomic E-state index is 0.0221. The molecule has 0 radical (unpaired) electrons. The molecular weight excluding hydrogens is 249 g/mol. The topological polar surface area (TPSA) is 49.8 Å². The summed E-state index contributed by atoms with van der Waals surface area (Å²) in [4.78, 5) is 12.7. The van der Waals surface area contributed by atoms with Crippen LogP contribution in [0.25, 0.3) is 0 Å². The van der Waals surface area contributed by atoms with Crippen LogP contribution >= 0.6 is 0 Å². The third-order valence-corrected chi connectivity index (χ3v) is 2.99. The van der Waals surface area contributed by atoms with Crippen LogP contribution in [0.15, 0.2) is 24.3 Å². The molecule has 106 valence electrons. The fraction of sp³-hybridized carbons (Fsp3) is 0.500. The van der Waals surface area contributed by atoms with Gasteiger partial charge in [-0.2, -0.15) is 0 Å². The van der Waals surface area contributed by atoms with E-state index in [-0.39, 0.29) is 18.4 Å². The quantitative estimate of drug-likeness (QED) is 0.781. The highest BCUT2D eigenvalue weighted by Crippen LogP contribution is 2.10. The number of carbonyl (C=O) groups is 1. The normalized spacial score (nSPS) is 12.6. The number of methoxy groups -OCH3 is 1. The summed E-state index contributed by atoms with van der Waals surface area (Å²) in [5, 5.41) is 8.90. The molecule has 4 nitrogen and oxygen atoms in total. The highest BCUT2D eigenvalue weighted by molar-refractivity contribution is 5.69. The Morgan fingerprint density at radius 1 is 1.42 bits per heavy atom. The Balaban J connectivity index is 2.61. The summed E-state index contributed by atoms with van der Waals surface area (Å²) in [5.74, 6) is -1.12. The van der Waals surface area contributed by atoms with Gasteiger partial charge in [0, 0.05) is 19.7 Å². The highest BCUT2D eigenvalue weighted by atomic mass is 19.1. The number of ether oxygens (including phenoxy) is 1. The Morgan fingerprint density at radius 2 is 2.05 bits per heavy atom. The lowest BCUT2D eigenvalue weighted by molar-refractivity contribution is -0.139. The van der Waals surface area contributed by atoms with Crippen LogP contribution in [0, 0.1) is 5.82 Å². The van der Waals surface area contributed by atoms with Gasteiger partial charge in [0.05, 0.1) is 13.2 Å². The van der Waals surface area contributed by atoms with E-state index in [1.807, 2.05) is 11.8 Å². The number of carboxylic acid groups (broad SMARTS) is 1. The summed E-state index contributed by atoms with van der Waals surface area (Å²) in [6.07, 6.45) is 0.678. The van der Waals surface area contributed by atoms with Crippen molar-refractivity contribution in [2.45, 2.75) is 19.4 Å². The van der Waals surface area contributed by atoms with E-state index in [0.29, 0.717) is 19.6 Å². The average molecular weight is 269 g/mol. The Labute approximate surface area is 112 Å². The zero-order valence-electron chi connectivity index (χ0n) is 11.3. The van der Waals surface area contributed by atoms with Gasteiger partial charge in [0.15, 0.2) is 0 Å². The van der Waals surface area contributed by atoms with Crippen LogP contribution in [0.3, 0.4) is 0 Å². The maximum atomic E-state index is 12.8. The van der Waals surface area contributed by atoms with Gasteiger partial charge in [-0.05, 0) is 31.0 Å². The predicted octanol–water partition coefficient (Wildman–Crippen LogP) is 1.79. The fourth-order valence-corrected chi connectivity index (χ4v) is 1.93. The van der Waals surface area contributed by atoms with Crippen molar-refractivity contribution < 1.29 is 19.0 Å². The third-order valence-electron chi connectivity index (χ3n) is 2.99. The van der Waals surface area contributed by atoms with Crippen molar-refractivity contribution in [3.05, 3.63) is 35.6 Å². The first-order valence-corrected chi connectivity index (χ1v) is 6.22. The van der Waals surface area contributed by atoms with Crippen molar-refractivity contribution in [3.8, 4) is 0 Å². The fourth-order valence-electron chi connectivity index (χ4n) is 1.93. The van der Waals surface area contributed by atoms with Gasteiger partial charge in [-0.1, -0.05) is 12.1 Å². The van der Waals surface area contributed by atoms with Crippen molar-refractivity contribution in [2.24, 2.45) is 0 Å². The number of hydrogen-bond acceptors (Lipinski definition) is 3. The van der Waals surface area contributed by atoms with Gasteiger partial charge >= 0.3 is 5.97 Å². The summed E-state index contributed by atoms with van der Waals surface area (Å²) in [6, 6.07) is 6.33. The second-order valence-electron chi connectivity index (χ2n) is 4.54. The minimum atomic E-state index is -0.859. The molecule has 19 heavy (non-hydrogen) atoms. The zero-order chi connectivity index (χ0) is 14.3. The molecule has 0 bridgehead atoms. The molecular formula is C14H20FNO3. The minimum Gasteiger partial charge on any atom is -0.480 e. The molecule has 0 aliphatic rings. The summed E-state index contributed by atoms with van der Waals surface area (Å²) in [7, 11) is 1.59. The van der Waals surface area contributed by atoms with Crippen LogP contribution < -0.4 is 0 Å². The van der Waals surface area contributed by atoms with E-state index in [2.05, 4.69) is 0 Å². The molecule has 1 aromatic rings. The molecule has 1 rings (SSSR count). The summed E-state index contributed by atoms with van der Waals surface area (Å²) in [5.41, 5.74) is 0.988. The molecule has 0 aromatic heterocycles. The molecule has 0 saturated carbocycles. The van der Waals surface area contributed by atoms with E-state index >= 15 is 0 Å². The van der Waals surface area contributed by atoms with Crippen LogP contribution in [-0.2, 0) is 16.0 Å². The highest BCUT2D eigenvalue weighted by Gasteiger charge is 2.17. The monoisotopic (exact) mass is 269 g/mol. The Bertz CT molecular complexity index is 394. The van der Waals surface area contributed by atoms with Crippen molar-refractivity contribution in [2.75, 3.05) is 26.8 Å². The van der Waals surface area contributed by atoms with Gasteiger partial charge in [0.1, 0.15) is 5.82 Å². The van der Waals surface area contributed by atoms with Crippen LogP contribution in [0.2, 0.25) is 0 Å². The lowest BCUT2D eigenvalue weighted by Crippen LogP contribution is -2.40. The van der Waals surface area contributed by atoms with E-state index in [1.54, 1.807) is 19.2 Å². The van der Waals surface area contributed by atoms with Gasteiger partial charge < -0.3 is 9.84 Å². The SMILES string of the molecule is COCCN(CC(=O)O)C(C)Cc1ccc(F)cc1. The Morgan fingerprint density at radius 3 is 2.58 bits per heavy atom. The molecule has 5 heteroatoms. The number of carboxylic acids is 1. The number of halogens is 1. The Kier molecular flexibility index (Phi) is 6.45. The predicted molar refractivity (Wildman–Crippen MR) is 70.7 cm³/mol. The average Bonchev–Trinajstić information content (AvgIpc) is 2.36. The van der Waals surface area contributed by atoms with Crippen molar-refractivity contribution in [1.29, 1.82) is 0 Å². The summed E-state index contributed by atoms with van der Waals surface area (Å²) in [6.45, 7) is 2.99. The number of rotatable bonds is 8. The summed E-state index contributed by atoms with van der Waals surface area (Å²) < 4.78 is 17.8. The zero-order valence-corrected chi connectivity index (χ0v) is 11.3. The van der Waals surface area contributed by atoms with Gasteiger partial charge in [0.2, 0.25) is 0 Å². The van der Waals surface area contributed by atoms with Gasteiger partial charge in [0.25, 0.3) is 0 Å². The second-order valence-corrected chi connectivity index (χ2v) is 4.54. The van der Waals surface area contributed by atoms with E-state index in [0.717, 1.165) is 5.56 Å². The second kappa shape index (κ2) is 7.86. The standard InChI is InChI=1S/C14H20FNO3/c1-11(9-12-3-5-13(15)6-4-12)16(7-8-19-2)10-14(17)18/h3-6,11H,7-10H2,1-2H3,(H,17,18). The first-order chi connectivity index (χ1) is 9.02. The van der Waals surface area contributed by atoms with Crippen molar-refractivity contribution in [3.63, 3.8) is 0 Å². The first kappa shape index (κ1) is 15.6.